The molecule has 3 aliphatic rings. The third-order valence-corrected chi connectivity index (χ3v) is 8.47. The van der Waals surface area contributed by atoms with Crippen molar-refractivity contribution in [1.29, 1.82) is 0 Å². The van der Waals surface area contributed by atoms with Crippen LogP contribution in [0.4, 0.5) is 0 Å². The maximum atomic E-state index is 13.4. The fraction of sp³-hybridized carbons (Fsp3) is 0.774. The van der Waals surface area contributed by atoms with Gasteiger partial charge >= 0.3 is 0 Å². The van der Waals surface area contributed by atoms with Gasteiger partial charge in [0, 0.05) is 58.4 Å². The Balaban J connectivity index is 1.36. The summed E-state index contributed by atoms with van der Waals surface area (Å²) < 4.78 is 28.7. The number of methoxy groups -OCH3 is 2. The van der Waals surface area contributed by atoms with Crippen LogP contribution in [0, 0.1) is 23.7 Å². The summed E-state index contributed by atoms with van der Waals surface area (Å²) in [4.78, 5) is 15.6. The molecule has 2 heterocycles. The van der Waals surface area contributed by atoms with Crippen LogP contribution in [0.5, 0.6) is 17.2 Å². The molecule has 0 radical (unpaired) electrons. The molecule has 1 N–H and O–H groups in total. The van der Waals surface area contributed by atoms with Crippen LogP contribution < -0.4 is 19.5 Å². The number of benzene rings is 1. The van der Waals surface area contributed by atoms with Crippen LogP contribution >= 0.6 is 0 Å². The Labute approximate surface area is 235 Å². The summed E-state index contributed by atoms with van der Waals surface area (Å²) in [6.07, 6.45) is 6.83. The zero-order valence-corrected chi connectivity index (χ0v) is 24.5. The average molecular weight is 547 g/mol. The second kappa shape index (κ2) is 15.1. The Kier molecular flexibility index (Phi) is 11.6. The van der Waals surface area contributed by atoms with Crippen molar-refractivity contribution in [2.24, 2.45) is 23.7 Å². The number of nitrogens with zero attached hydrogens (tertiary/aromatic N) is 1. The zero-order chi connectivity index (χ0) is 27.6. The molecule has 2 aliphatic heterocycles. The van der Waals surface area contributed by atoms with E-state index in [1.54, 1.807) is 14.2 Å². The van der Waals surface area contributed by atoms with E-state index >= 15 is 0 Å². The number of nitrogens with one attached hydrogen (secondary N) is 1. The molecule has 2 saturated heterocycles. The van der Waals surface area contributed by atoms with E-state index < -0.39 is 0 Å². The highest BCUT2D eigenvalue weighted by atomic mass is 16.5. The summed E-state index contributed by atoms with van der Waals surface area (Å²) >= 11 is 0. The standard InChI is InChI=1S/C31H50N2O6/c1-22(2)29(39-27-8-9-28(36-4)30(18-27)38-13-5-12-35-3)17-24-19-32-20-25(24)21-33(26-6-7-26)31(34)16-23-10-14-37-15-11-23/h8-9,18,22-26,29,32H,5-7,10-17,19-21H2,1-4H3/t24-,25-,29+/m1/s1. The van der Waals surface area contributed by atoms with Crippen LogP contribution in [-0.4, -0.2) is 83.2 Å². The fourth-order valence-electron chi connectivity index (χ4n) is 5.84. The SMILES string of the molecule is COCCCOc1cc(O[C@@H](C[C@@H]2CNC[C@@H]2CN(C(=O)CC2CCOCC2)C2CC2)C(C)C)ccc1OC. The predicted octanol–water partition coefficient (Wildman–Crippen LogP) is 4.55. The van der Waals surface area contributed by atoms with E-state index in [1.807, 2.05) is 18.2 Å². The van der Waals surface area contributed by atoms with Gasteiger partial charge in [-0.1, -0.05) is 13.8 Å². The van der Waals surface area contributed by atoms with Gasteiger partial charge in [0.1, 0.15) is 11.9 Å². The van der Waals surface area contributed by atoms with Crippen molar-refractivity contribution in [3.63, 3.8) is 0 Å². The van der Waals surface area contributed by atoms with Crippen molar-refractivity contribution >= 4 is 5.91 Å². The molecule has 8 nitrogen and oxygen atoms in total. The number of hydrogen-bond acceptors (Lipinski definition) is 7. The summed E-state index contributed by atoms with van der Waals surface area (Å²) in [7, 11) is 3.35. The largest absolute Gasteiger partial charge is 0.493 e. The molecule has 0 spiro atoms. The van der Waals surface area contributed by atoms with Gasteiger partial charge in [0.25, 0.3) is 0 Å². The normalized spacial score (nSPS) is 22.6. The van der Waals surface area contributed by atoms with E-state index in [2.05, 4.69) is 24.1 Å². The molecule has 1 aromatic rings. The first-order chi connectivity index (χ1) is 19.0. The quantitative estimate of drug-likeness (QED) is 0.305. The smallest absolute Gasteiger partial charge is 0.223 e. The number of carbonyl (C=O) groups is 1. The average Bonchev–Trinajstić information content (AvgIpc) is 3.69. The molecule has 220 valence electrons. The van der Waals surface area contributed by atoms with Crippen molar-refractivity contribution in [1.82, 2.24) is 10.2 Å². The molecule has 0 unspecified atom stereocenters. The third-order valence-electron chi connectivity index (χ3n) is 8.47. The zero-order valence-electron chi connectivity index (χ0n) is 24.5. The molecule has 8 heteroatoms. The van der Waals surface area contributed by atoms with Gasteiger partial charge in [0.15, 0.2) is 11.5 Å². The van der Waals surface area contributed by atoms with Crippen molar-refractivity contribution in [3.8, 4) is 17.2 Å². The van der Waals surface area contributed by atoms with Crippen LogP contribution in [0.15, 0.2) is 18.2 Å². The summed E-state index contributed by atoms with van der Waals surface area (Å²) in [6, 6.07) is 6.26. The molecule has 1 aliphatic carbocycles. The van der Waals surface area contributed by atoms with Crippen LogP contribution in [0.3, 0.4) is 0 Å². The molecular weight excluding hydrogens is 496 g/mol. The van der Waals surface area contributed by atoms with E-state index in [-0.39, 0.29) is 6.10 Å². The van der Waals surface area contributed by atoms with E-state index in [0.29, 0.717) is 66.8 Å². The lowest BCUT2D eigenvalue weighted by Crippen LogP contribution is -2.41. The Morgan fingerprint density at radius 3 is 2.51 bits per heavy atom. The first-order valence-electron chi connectivity index (χ1n) is 15.0. The van der Waals surface area contributed by atoms with Crippen LogP contribution in [0.25, 0.3) is 0 Å². The monoisotopic (exact) mass is 546 g/mol. The minimum Gasteiger partial charge on any atom is -0.493 e. The lowest BCUT2D eigenvalue weighted by Gasteiger charge is -2.32. The van der Waals surface area contributed by atoms with E-state index in [4.69, 9.17) is 23.7 Å². The van der Waals surface area contributed by atoms with Crippen LogP contribution in [0.1, 0.15) is 58.8 Å². The topological polar surface area (TPSA) is 78.5 Å². The van der Waals surface area contributed by atoms with E-state index in [9.17, 15) is 4.79 Å². The van der Waals surface area contributed by atoms with Crippen molar-refractivity contribution in [2.75, 3.05) is 60.3 Å². The highest BCUT2D eigenvalue weighted by Gasteiger charge is 2.39. The van der Waals surface area contributed by atoms with Crippen LogP contribution in [-0.2, 0) is 14.3 Å². The first-order valence-corrected chi connectivity index (χ1v) is 15.0. The molecule has 39 heavy (non-hydrogen) atoms. The van der Waals surface area contributed by atoms with Gasteiger partial charge < -0.3 is 33.9 Å². The molecule has 1 aromatic carbocycles. The molecule has 3 atom stereocenters. The lowest BCUT2D eigenvalue weighted by atomic mass is 9.86. The summed E-state index contributed by atoms with van der Waals surface area (Å²) in [6.45, 7) is 10.0. The second-order valence-electron chi connectivity index (χ2n) is 11.9. The Hall–Kier alpha value is -2.03. The van der Waals surface area contributed by atoms with Gasteiger partial charge in [-0.05, 0) is 81.0 Å². The minimum atomic E-state index is 0.0689. The Morgan fingerprint density at radius 1 is 1.05 bits per heavy atom. The number of hydrogen-bond donors (Lipinski definition) is 1. The van der Waals surface area contributed by atoms with Crippen molar-refractivity contribution in [2.45, 2.75) is 70.9 Å². The minimum absolute atomic E-state index is 0.0689. The fourth-order valence-corrected chi connectivity index (χ4v) is 5.84. The van der Waals surface area contributed by atoms with Crippen molar-refractivity contribution in [3.05, 3.63) is 18.2 Å². The Bertz CT molecular complexity index is 886. The van der Waals surface area contributed by atoms with E-state index in [0.717, 1.165) is 77.1 Å². The van der Waals surface area contributed by atoms with E-state index in [1.165, 1.54) is 0 Å². The summed E-state index contributed by atoms with van der Waals surface area (Å²) in [5.41, 5.74) is 0. The molecule has 1 amide bonds. The lowest BCUT2D eigenvalue weighted by molar-refractivity contribution is -0.134. The number of ether oxygens (including phenoxy) is 5. The third kappa shape index (κ3) is 8.98. The highest BCUT2D eigenvalue weighted by molar-refractivity contribution is 5.77. The second-order valence-corrected chi connectivity index (χ2v) is 11.9. The van der Waals surface area contributed by atoms with Gasteiger partial charge in [0.2, 0.25) is 5.91 Å². The molecule has 0 aromatic heterocycles. The molecule has 3 fully saturated rings. The maximum Gasteiger partial charge on any atom is 0.223 e. The van der Waals surface area contributed by atoms with Gasteiger partial charge in [-0.15, -0.1) is 0 Å². The number of carbonyl (C=O) groups excluding carboxylic acids is 1. The highest BCUT2D eigenvalue weighted by Crippen LogP contribution is 2.36. The van der Waals surface area contributed by atoms with Gasteiger partial charge in [-0.3, -0.25) is 4.79 Å². The van der Waals surface area contributed by atoms with Gasteiger partial charge in [0.05, 0.1) is 13.7 Å². The number of rotatable bonds is 16. The summed E-state index contributed by atoms with van der Waals surface area (Å²) in [5.74, 6) is 4.29. The Morgan fingerprint density at radius 2 is 1.82 bits per heavy atom. The van der Waals surface area contributed by atoms with Crippen LogP contribution in [0.2, 0.25) is 0 Å². The molecule has 4 rings (SSSR count). The predicted molar refractivity (Wildman–Crippen MR) is 152 cm³/mol. The molecular formula is C31H50N2O6. The molecule has 0 bridgehead atoms. The first kappa shape index (κ1) is 29.9. The maximum absolute atomic E-state index is 13.4. The van der Waals surface area contributed by atoms with Gasteiger partial charge in [-0.25, -0.2) is 0 Å². The summed E-state index contributed by atoms with van der Waals surface area (Å²) in [5, 5.41) is 3.62. The number of amides is 1. The molecule has 1 saturated carbocycles. The van der Waals surface area contributed by atoms with Gasteiger partial charge in [-0.2, -0.15) is 0 Å². The van der Waals surface area contributed by atoms with Crippen molar-refractivity contribution < 1.29 is 28.5 Å².